The number of nitrogens with one attached hydrogen (secondary N) is 5. The highest BCUT2D eigenvalue weighted by atomic mass is 16.4. The molecular weight excluding hydrogens is 652 g/mol. The molecule has 0 aromatic heterocycles. The summed E-state index contributed by atoms with van der Waals surface area (Å²) < 4.78 is 0. The molecule has 16 heteroatoms. The summed E-state index contributed by atoms with van der Waals surface area (Å²) in [5.74, 6) is -6.25. The lowest BCUT2D eigenvalue weighted by molar-refractivity contribution is -0.150. The Morgan fingerprint density at radius 2 is 1.08 bits per heavy atom. The van der Waals surface area contributed by atoms with Crippen LogP contribution in [0.4, 0.5) is 5.69 Å². The summed E-state index contributed by atoms with van der Waals surface area (Å²) in [6, 6.07) is 15.9. The summed E-state index contributed by atoms with van der Waals surface area (Å²) in [6.07, 6.45) is -0.0902. The summed E-state index contributed by atoms with van der Waals surface area (Å²) in [5, 5.41) is 36.1. The zero-order chi connectivity index (χ0) is 39.2. The number of nitrogens with two attached hydrogens (primary N) is 1. The quantitative estimate of drug-likeness (QED) is 0.142. The zero-order valence-corrected chi connectivity index (χ0v) is 30.0. The van der Waals surface area contributed by atoms with Crippen LogP contribution in [0.3, 0.4) is 0 Å². The summed E-state index contributed by atoms with van der Waals surface area (Å²) in [7, 11) is 2.50. The first-order chi connectivity index (χ1) is 23.5. The molecule has 2 atom stereocenters. The van der Waals surface area contributed by atoms with E-state index in [-0.39, 0.29) is 17.9 Å². The molecule has 0 aliphatic carbocycles. The number of carboxylic acids is 2. The Hall–Kier alpha value is -5.35. The van der Waals surface area contributed by atoms with E-state index >= 15 is 0 Å². The molecule has 0 aliphatic rings. The van der Waals surface area contributed by atoms with Gasteiger partial charge in [0.15, 0.2) is 0 Å². The minimum Gasteiger partial charge on any atom is -0.478 e. The van der Waals surface area contributed by atoms with Crippen LogP contribution in [0.15, 0.2) is 60.7 Å². The number of amides is 5. The van der Waals surface area contributed by atoms with Crippen LogP contribution in [-0.2, 0) is 28.8 Å². The second kappa shape index (κ2) is 29.8. The Balaban J connectivity index is -0.00000132. The second-order valence-corrected chi connectivity index (χ2v) is 11.0. The number of anilines is 1. The fourth-order valence-electron chi connectivity index (χ4n) is 3.22. The fraction of sp³-hybridized carbons (Fsp3) is 0.441. The van der Waals surface area contributed by atoms with Gasteiger partial charge in [-0.15, -0.1) is 0 Å². The summed E-state index contributed by atoms with van der Waals surface area (Å²) in [4.78, 5) is 80.9. The maximum Gasteiger partial charge on any atom is 0.394 e. The fourth-order valence-corrected chi connectivity index (χ4v) is 3.22. The highest BCUT2D eigenvalue weighted by Gasteiger charge is 2.25. The van der Waals surface area contributed by atoms with Gasteiger partial charge in [0.2, 0.25) is 23.6 Å². The molecule has 0 fully saturated rings. The van der Waals surface area contributed by atoms with Gasteiger partial charge in [0.05, 0.1) is 18.7 Å². The molecule has 0 saturated carbocycles. The highest BCUT2D eigenvalue weighted by Crippen LogP contribution is 2.10. The number of carbonyl (C=O) groups excluding carboxylic acids is 5. The molecule has 0 bridgehead atoms. The number of aliphatic carboxylic acids is 1. The molecule has 0 aliphatic heterocycles. The van der Waals surface area contributed by atoms with Gasteiger partial charge in [0.25, 0.3) is 0 Å². The second-order valence-electron chi connectivity index (χ2n) is 11.0. The van der Waals surface area contributed by atoms with E-state index in [1.54, 1.807) is 20.8 Å². The monoisotopic (exact) mass is 706 g/mol. The van der Waals surface area contributed by atoms with Crippen LogP contribution in [0.2, 0.25) is 0 Å². The third kappa shape index (κ3) is 26.7. The van der Waals surface area contributed by atoms with Gasteiger partial charge in [0, 0.05) is 25.3 Å². The van der Waals surface area contributed by atoms with E-state index in [2.05, 4.69) is 47.8 Å². The van der Waals surface area contributed by atoms with Gasteiger partial charge in [-0.1, -0.05) is 71.0 Å². The first-order valence-electron chi connectivity index (χ1n) is 15.6. The van der Waals surface area contributed by atoms with Crippen molar-refractivity contribution in [3.63, 3.8) is 0 Å². The van der Waals surface area contributed by atoms with Crippen molar-refractivity contribution >= 4 is 47.2 Å². The molecule has 1 unspecified atom stereocenters. The summed E-state index contributed by atoms with van der Waals surface area (Å²) in [6.45, 7) is 10.3. The predicted octanol–water partition coefficient (Wildman–Crippen LogP) is 1.21. The van der Waals surface area contributed by atoms with Crippen molar-refractivity contribution in [3.8, 4) is 0 Å². The number of aromatic carboxylic acids is 1. The summed E-state index contributed by atoms with van der Waals surface area (Å²) in [5.41, 5.74) is 4.96. The molecule has 0 saturated heterocycles. The van der Waals surface area contributed by atoms with E-state index in [9.17, 15) is 33.6 Å². The molecular formula is C34H54N6O10. The van der Waals surface area contributed by atoms with Crippen LogP contribution in [-0.4, -0.2) is 96.1 Å². The molecule has 280 valence electrons. The standard InChI is InChI=1S/C22H29N5O9.C6H6.C4H10.CH5N.CH4O/c1-11(2)18(27-17(30)10-24-20(32)22(35)36)19(31)23-9-16(29)25-12(3)8-15(28)26-14-6-4-13(5-7-14)21(33)34;1-2-4-6-5-3-1;1-4(2)3;2*1-2/h4-7,11-12,18H,8-10H2,1-3H3,(H,23,31)(H,24,32)(H,25,29)(H,26,28)(H,27,30)(H,33,34)(H,35,36);1-6H;4H,1-3H3;2H2,1H3;2H,1H3/t12-,18?;;;;/m0..../s1. The van der Waals surface area contributed by atoms with Crippen molar-refractivity contribution in [1.82, 2.24) is 21.3 Å². The Kier molecular flexibility index (Phi) is 29.2. The van der Waals surface area contributed by atoms with E-state index < -0.39 is 66.6 Å². The van der Waals surface area contributed by atoms with Crippen LogP contribution in [0.5, 0.6) is 0 Å². The molecule has 0 radical (unpaired) electrons. The number of rotatable bonds is 12. The first kappa shape index (κ1) is 49.0. The van der Waals surface area contributed by atoms with Gasteiger partial charge in [-0.05, 0) is 50.1 Å². The molecule has 0 heterocycles. The van der Waals surface area contributed by atoms with E-state index in [0.717, 1.165) is 13.0 Å². The molecule has 2 aromatic carbocycles. The lowest BCUT2D eigenvalue weighted by Crippen LogP contribution is -2.53. The van der Waals surface area contributed by atoms with E-state index in [4.69, 9.17) is 15.3 Å². The number of aliphatic hydroxyl groups excluding tert-OH is 1. The average Bonchev–Trinajstić information content (AvgIpc) is 3.07. The van der Waals surface area contributed by atoms with Gasteiger partial charge < -0.3 is 47.6 Å². The molecule has 2 rings (SSSR count). The largest absolute Gasteiger partial charge is 0.478 e. The van der Waals surface area contributed by atoms with Crippen molar-refractivity contribution in [2.45, 2.75) is 60.0 Å². The Morgan fingerprint density at radius 1 is 0.660 bits per heavy atom. The van der Waals surface area contributed by atoms with Gasteiger partial charge in [-0.2, -0.15) is 0 Å². The smallest absolute Gasteiger partial charge is 0.394 e. The van der Waals surface area contributed by atoms with Gasteiger partial charge in [-0.25, -0.2) is 9.59 Å². The van der Waals surface area contributed by atoms with Crippen molar-refractivity contribution in [2.24, 2.45) is 17.6 Å². The van der Waals surface area contributed by atoms with Crippen molar-refractivity contribution < 1.29 is 48.9 Å². The minimum atomic E-state index is -1.76. The minimum absolute atomic E-state index is 0.0694. The Labute approximate surface area is 293 Å². The predicted molar refractivity (Wildman–Crippen MR) is 190 cm³/mol. The van der Waals surface area contributed by atoms with Gasteiger partial charge in [0.1, 0.15) is 6.04 Å². The number of carboxylic acid groups (broad SMARTS) is 2. The number of hydrogen-bond donors (Lipinski definition) is 9. The molecule has 16 nitrogen and oxygen atoms in total. The van der Waals surface area contributed by atoms with Crippen LogP contribution in [0.25, 0.3) is 0 Å². The highest BCUT2D eigenvalue weighted by molar-refractivity contribution is 6.31. The van der Waals surface area contributed by atoms with E-state index in [1.165, 1.54) is 31.3 Å². The zero-order valence-electron chi connectivity index (χ0n) is 30.0. The maximum absolute atomic E-state index is 12.4. The molecule has 10 N–H and O–H groups in total. The molecule has 0 spiro atoms. The van der Waals surface area contributed by atoms with Gasteiger partial charge in [-0.3, -0.25) is 24.0 Å². The number of aliphatic hydroxyl groups is 1. The summed E-state index contributed by atoms with van der Waals surface area (Å²) >= 11 is 0. The molecule has 50 heavy (non-hydrogen) atoms. The average molecular weight is 707 g/mol. The topological polar surface area (TPSA) is 266 Å². The number of hydrogen-bond acceptors (Lipinski definition) is 9. The maximum atomic E-state index is 12.4. The SMILES string of the molecule is CC(C)C.CC(C)C(NC(=O)CNC(=O)C(=O)O)C(=O)NCC(=O)N[C@@H](C)CC(=O)Nc1ccc(C(=O)O)cc1.CN.CO.c1ccccc1. The van der Waals surface area contributed by atoms with Crippen LogP contribution < -0.4 is 32.3 Å². The van der Waals surface area contributed by atoms with E-state index in [1.807, 2.05) is 41.7 Å². The Morgan fingerprint density at radius 3 is 1.48 bits per heavy atom. The lowest BCUT2D eigenvalue weighted by atomic mass is 10.0. The number of carbonyl (C=O) groups is 7. The van der Waals surface area contributed by atoms with Crippen molar-refractivity contribution in [3.05, 3.63) is 66.2 Å². The molecule has 5 amide bonds. The first-order valence-corrected chi connectivity index (χ1v) is 15.6. The van der Waals surface area contributed by atoms with Crippen LogP contribution in [0.1, 0.15) is 58.3 Å². The third-order valence-electron chi connectivity index (χ3n) is 5.27. The van der Waals surface area contributed by atoms with Crippen LogP contribution in [0, 0.1) is 11.8 Å². The third-order valence-corrected chi connectivity index (χ3v) is 5.27. The van der Waals surface area contributed by atoms with Crippen LogP contribution >= 0.6 is 0 Å². The normalized spacial score (nSPS) is 10.6. The molecule has 2 aromatic rings. The van der Waals surface area contributed by atoms with Crippen molar-refractivity contribution in [1.29, 1.82) is 0 Å². The van der Waals surface area contributed by atoms with Crippen molar-refractivity contribution in [2.75, 3.05) is 32.6 Å². The number of benzene rings is 2. The van der Waals surface area contributed by atoms with E-state index in [0.29, 0.717) is 5.69 Å². The lowest BCUT2D eigenvalue weighted by Gasteiger charge is -2.22. The van der Waals surface area contributed by atoms with Gasteiger partial charge >= 0.3 is 17.8 Å². The Bertz CT molecular complexity index is 1260.